The van der Waals surface area contributed by atoms with Crippen LogP contribution in [-0.4, -0.2) is 13.4 Å². The van der Waals surface area contributed by atoms with Crippen molar-refractivity contribution in [3.05, 3.63) is 57.8 Å². The standard InChI is InChI=1S/C13H12BrClN2O2S/c1-9(12-4-2-3-5-13(12)15)17-20(18,19)11-6-10(14)7-16-8-11/h2-9,17H,1H3. The van der Waals surface area contributed by atoms with Gasteiger partial charge in [-0.25, -0.2) is 13.1 Å². The van der Waals surface area contributed by atoms with Gasteiger partial charge in [-0.05, 0) is 40.5 Å². The van der Waals surface area contributed by atoms with E-state index >= 15 is 0 Å². The average Bonchev–Trinajstić information content (AvgIpc) is 2.38. The minimum atomic E-state index is -3.65. The first-order valence-corrected chi connectivity index (χ1v) is 8.43. The molecule has 0 fully saturated rings. The van der Waals surface area contributed by atoms with E-state index in [0.717, 1.165) is 5.56 Å². The number of hydrogen-bond donors (Lipinski definition) is 1. The van der Waals surface area contributed by atoms with Gasteiger partial charge in [-0.2, -0.15) is 0 Å². The van der Waals surface area contributed by atoms with Crippen LogP contribution in [0.15, 0.2) is 52.1 Å². The first-order chi connectivity index (χ1) is 9.40. The smallest absolute Gasteiger partial charge is 0.242 e. The summed E-state index contributed by atoms with van der Waals surface area (Å²) in [5.41, 5.74) is 0.723. The molecule has 1 atom stereocenters. The number of aromatic nitrogens is 1. The number of pyridine rings is 1. The van der Waals surface area contributed by atoms with Crippen molar-refractivity contribution in [1.82, 2.24) is 9.71 Å². The Morgan fingerprint density at radius 3 is 2.65 bits per heavy atom. The monoisotopic (exact) mass is 374 g/mol. The molecule has 0 spiro atoms. The van der Waals surface area contributed by atoms with Gasteiger partial charge in [0.25, 0.3) is 0 Å². The third-order valence-corrected chi connectivity index (χ3v) is 4.98. The zero-order valence-electron chi connectivity index (χ0n) is 10.5. The number of sulfonamides is 1. The summed E-state index contributed by atoms with van der Waals surface area (Å²) in [6, 6.07) is 8.18. The van der Waals surface area contributed by atoms with E-state index in [2.05, 4.69) is 25.6 Å². The minimum absolute atomic E-state index is 0.103. The molecule has 1 N–H and O–H groups in total. The fraction of sp³-hybridized carbons (Fsp3) is 0.154. The Hall–Kier alpha value is -0.950. The normalized spacial score (nSPS) is 13.2. The molecule has 1 unspecified atom stereocenters. The molecule has 0 bridgehead atoms. The van der Waals surface area contributed by atoms with Gasteiger partial charge >= 0.3 is 0 Å². The number of halogens is 2. The van der Waals surface area contributed by atoms with Crippen LogP contribution >= 0.6 is 27.5 Å². The quantitative estimate of drug-likeness (QED) is 0.889. The summed E-state index contributed by atoms with van der Waals surface area (Å²) in [5, 5.41) is 0.523. The molecule has 0 saturated carbocycles. The van der Waals surface area contributed by atoms with E-state index in [-0.39, 0.29) is 4.90 Å². The van der Waals surface area contributed by atoms with E-state index < -0.39 is 16.1 Å². The maximum absolute atomic E-state index is 12.3. The van der Waals surface area contributed by atoms with Gasteiger partial charge in [0.05, 0.1) is 0 Å². The number of hydrogen-bond acceptors (Lipinski definition) is 3. The Morgan fingerprint density at radius 2 is 2.00 bits per heavy atom. The maximum Gasteiger partial charge on any atom is 0.242 e. The molecule has 0 aliphatic heterocycles. The zero-order valence-corrected chi connectivity index (χ0v) is 13.7. The van der Waals surface area contributed by atoms with Crippen molar-refractivity contribution in [3.8, 4) is 0 Å². The number of benzene rings is 1. The molecule has 1 aromatic carbocycles. The lowest BCUT2D eigenvalue weighted by atomic mass is 10.1. The second-order valence-corrected chi connectivity index (χ2v) is 7.24. The lowest BCUT2D eigenvalue weighted by Gasteiger charge is -2.15. The van der Waals surface area contributed by atoms with E-state index in [1.165, 1.54) is 18.5 Å². The van der Waals surface area contributed by atoms with Crippen LogP contribution in [0.25, 0.3) is 0 Å². The Kier molecular flexibility index (Phi) is 4.80. The third kappa shape index (κ3) is 3.58. The van der Waals surface area contributed by atoms with Gasteiger partial charge in [0.2, 0.25) is 10.0 Å². The van der Waals surface area contributed by atoms with Gasteiger partial charge in [-0.1, -0.05) is 29.8 Å². The summed E-state index contributed by atoms with van der Waals surface area (Å²) in [5.74, 6) is 0. The predicted octanol–water partition coefficient (Wildman–Crippen LogP) is 3.54. The second kappa shape index (κ2) is 6.22. The SMILES string of the molecule is CC(NS(=O)(=O)c1cncc(Br)c1)c1ccccc1Cl. The molecule has 2 rings (SSSR count). The Bertz CT molecular complexity index is 722. The predicted molar refractivity (Wildman–Crippen MR) is 82.1 cm³/mol. The van der Waals surface area contributed by atoms with E-state index in [1.807, 2.05) is 6.07 Å². The van der Waals surface area contributed by atoms with Crippen molar-refractivity contribution < 1.29 is 8.42 Å². The van der Waals surface area contributed by atoms with Crippen LogP contribution in [0.5, 0.6) is 0 Å². The molecule has 0 saturated heterocycles. The van der Waals surface area contributed by atoms with Gasteiger partial charge in [-0.15, -0.1) is 0 Å². The van der Waals surface area contributed by atoms with Crippen LogP contribution in [0.4, 0.5) is 0 Å². The molecule has 7 heteroatoms. The maximum atomic E-state index is 12.3. The number of nitrogens with zero attached hydrogens (tertiary/aromatic N) is 1. The van der Waals surface area contributed by atoms with Crippen LogP contribution < -0.4 is 4.72 Å². The van der Waals surface area contributed by atoms with Gasteiger partial charge < -0.3 is 0 Å². The van der Waals surface area contributed by atoms with E-state index in [0.29, 0.717) is 9.50 Å². The van der Waals surface area contributed by atoms with Crippen molar-refractivity contribution in [2.24, 2.45) is 0 Å². The molecule has 20 heavy (non-hydrogen) atoms. The molecule has 0 aliphatic carbocycles. The highest BCUT2D eigenvalue weighted by Gasteiger charge is 2.20. The molecule has 106 valence electrons. The van der Waals surface area contributed by atoms with Crippen LogP contribution in [-0.2, 0) is 10.0 Å². The summed E-state index contributed by atoms with van der Waals surface area (Å²) < 4.78 is 27.7. The summed E-state index contributed by atoms with van der Waals surface area (Å²) >= 11 is 9.27. The average molecular weight is 376 g/mol. The molecule has 0 radical (unpaired) electrons. The van der Waals surface area contributed by atoms with Crippen molar-refractivity contribution in [3.63, 3.8) is 0 Å². The third-order valence-electron chi connectivity index (χ3n) is 2.69. The highest BCUT2D eigenvalue weighted by Crippen LogP contribution is 2.24. The summed E-state index contributed by atoms with van der Waals surface area (Å²) in [6.45, 7) is 1.74. The Morgan fingerprint density at radius 1 is 1.30 bits per heavy atom. The van der Waals surface area contributed by atoms with Crippen molar-refractivity contribution in [2.45, 2.75) is 17.9 Å². The van der Waals surface area contributed by atoms with Crippen LogP contribution in [0.2, 0.25) is 5.02 Å². The molecular weight excluding hydrogens is 364 g/mol. The molecule has 4 nitrogen and oxygen atoms in total. The largest absolute Gasteiger partial charge is 0.262 e. The fourth-order valence-corrected chi connectivity index (χ4v) is 3.76. The fourth-order valence-electron chi connectivity index (χ4n) is 1.73. The zero-order chi connectivity index (χ0) is 14.8. The van der Waals surface area contributed by atoms with E-state index in [4.69, 9.17) is 11.6 Å². The molecule has 0 amide bonds. The van der Waals surface area contributed by atoms with E-state index in [9.17, 15) is 8.42 Å². The highest BCUT2D eigenvalue weighted by atomic mass is 79.9. The molecule has 2 aromatic rings. The Balaban J connectivity index is 2.27. The summed E-state index contributed by atoms with van der Waals surface area (Å²) in [6.07, 6.45) is 2.82. The highest BCUT2D eigenvalue weighted by molar-refractivity contribution is 9.10. The minimum Gasteiger partial charge on any atom is -0.262 e. The lowest BCUT2D eigenvalue weighted by molar-refractivity contribution is 0.566. The second-order valence-electron chi connectivity index (χ2n) is 4.20. The summed E-state index contributed by atoms with van der Waals surface area (Å²) in [7, 11) is -3.65. The van der Waals surface area contributed by atoms with Crippen LogP contribution in [0, 0.1) is 0 Å². The van der Waals surface area contributed by atoms with Crippen LogP contribution in [0.3, 0.4) is 0 Å². The van der Waals surface area contributed by atoms with Gasteiger partial charge in [0.1, 0.15) is 4.90 Å². The van der Waals surface area contributed by atoms with Crippen molar-refractivity contribution in [1.29, 1.82) is 0 Å². The summed E-state index contributed by atoms with van der Waals surface area (Å²) in [4.78, 5) is 3.96. The molecular formula is C13H12BrClN2O2S. The van der Waals surface area contributed by atoms with Crippen LogP contribution in [0.1, 0.15) is 18.5 Å². The van der Waals surface area contributed by atoms with Gasteiger partial charge in [0, 0.05) is 27.9 Å². The lowest BCUT2D eigenvalue weighted by Crippen LogP contribution is -2.27. The van der Waals surface area contributed by atoms with Crippen molar-refractivity contribution >= 4 is 37.6 Å². The number of nitrogens with one attached hydrogen (secondary N) is 1. The first-order valence-electron chi connectivity index (χ1n) is 5.77. The van der Waals surface area contributed by atoms with E-state index in [1.54, 1.807) is 25.1 Å². The Labute approximate surface area is 131 Å². The van der Waals surface area contributed by atoms with Crippen molar-refractivity contribution in [2.75, 3.05) is 0 Å². The van der Waals surface area contributed by atoms with Gasteiger partial charge in [0.15, 0.2) is 0 Å². The topological polar surface area (TPSA) is 59.1 Å². The molecule has 0 aliphatic rings. The molecule has 1 aromatic heterocycles. The molecule has 1 heterocycles. The van der Waals surface area contributed by atoms with Gasteiger partial charge in [-0.3, -0.25) is 4.98 Å². The number of rotatable bonds is 4. The first kappa shape index (κ1) is 15.4.